The van der Waals surface area contributed by atoms with Gasteiger partial charge in [0, 0.05) is 13.1 Å². The molecule has 0 saturated carbocycles. The summed E-state index contributed by atoms with van der Waals surface area (Å²) in [5.41, 5.74) is 1.11. The summed E-state index contributed by atoms with van der Waals surface area (Å²) in [7, 11) is 1.59. The van der Waals surface area contributed by atoms with Gasteiger partial charge in [0.25, 0.3) is 0 Å². The zero-order valence-corrected chi connectivity index (χ0v) is 10.9. The summed E-state index contributed by atoms with van der Waals surface area (Å²) in [6, 6.07) is 0.436. The zero-order valence-electron chi connectivity index (χ0n) is 10.9. The van der Waals surface area contributed by atoms with E-state index in [4.69, 9.17) is 4.74 Å². The van der Waals surface area contributed by atoms with E-state index in [0.29, 0.717) is 6.01 Å². The molecule has 1 atom stereocenters. The lowest BCUT2D eigenvalue weighted by molar-refractivity contribution is 0.321. The van der Waals surface area contributed by atoms with Gasteiger partial charge in [-0.25, -0.2) is 9.97 Å². The van der Waals surface area contributed by atoms with Gasteiger partial charge >= 0.3 is 6.01 Å². The van der Waals surface area contributed by atoms with Gasteiger partial charge in [0.05, 0.1) is 25.2 Å². The lowest BCUT2D eigenvalue weighted by atomic mass is 9.88. The molecule has 0 amide bonds. The average molecular weight is 235 g/mol. The maximum absolute atomic E-state index is 4.98. The van der Waals surface area contributed by atoms with Gasteiger partial charge in [-0.05, 0) is 24.7 Å². The molecule has 0 N–H and O–H groups in total. The summed E-state index contributed by atoms with van der Waals surface area (Å²) >= 11 is 0. The monoisotopic (exact) mass is 235 g/mol. The Bertz CT molecular complexity index is 350. The molecule has 94 valence electrons. The van der Waals surface area contributed by atoms with Crippen molar-refractivity contribution in [2.45, 2.75) is 26.7 Å². The predicted molar refractivity (Wildman–Crippen MR) is 68.4 cm³/mol. The van der Waals surface area contributed by atoms with Crippen LogP contribution in [0, 0.1) is 11.8 Å². The molecule has 2 rings (SSSR count). The van der Waals surface area contributed by atoms with Crippen molar-refractivity contribution < 1.29 is 4.74 Å². The number of nitrogens with zero attached hydrogens (tertiary/aromatic N) is 3. The molecule has 1 aromatic heterocycles. The van der Waals surface area contributed by atoms with E-state index in [1.54, 1.807) is 7.11 Å². The van der Waals surface area contributed by atoms with Crippen LogP contribution in [0.1, 0.15) is 26.7 Å². The van der Waals surface area contributed by atoms with Gasteiger partial charge in [-0.3, -0.25) is 0 Å². The third-order valence-electron chi connectivity index (χ3n) is 3.56. The minimum Gasteiger partial charge on any atom is -0.467 e. The number of anilines is 1. The van der Waals surface area contributed by atoms with Crippen molar-refractivity contribution in [3.05, 3.63) is 12.4 Å². The summed E-state index contributed by atoms with van der Waals surface area (Å²) in [6.07, 6.45) is 6.31. The van der Waals surface area contributed by atoms with Crippen molar-refractivity contribution in [2.75, 3.05) is 25.1 Å². The molecule has 1 aromatic rings. The van der Waals surface area contributed by atoms with Crippen LogP contribution < -0.4 is 9.64 Å². The average Bonchev–Trinajstić information content (AvgIpc) is 2.39. The summed E-state index contributed by atoms with van der Waals surface area (Å²) in [4.78, 5) is 10.7. The molecule has 1 saturated heterocycles. The summed E-state index contributed by atoms with van der Waals surface area (Å²) in [5.74, 6) is 1.53. The molecule has 0 aromatic carbocycles. The number of methoxy groups -OCH3 is 1. The Hall–Kier alpha value is -1.32. The summed E-state index contributed by atoms with van der Waals surface area (Å²) in [5, 5.41) is 0. The molecule has 2 heterocycles. The first-order valence-corrected chi connectivity index (χ1v) is 6.31. The third-order valence-corrected chi connectivity index (χ3v) is 3.56. The molecule has 1 aliphatic heterocycles. The number of aromatic nitrogens is 2. The van der Waals surface area contributed by atoms with Crippen LogP contribution >= 0.6 is 0 Å². The second-order valence-electron chi connectivity index (χ2n) is 5.02. The highest BCUT2D eigenvalue weighted by molar-refractivity contribution is 5.42. The molecule has 17 heavy (non-hydrogen) atoms. The van der Waals surface area contributed by atoms with Gasteiger partial charge < -0.3 is 9.64 Å². The maximum Gasteiger partial charge on any atom is 0.316 e. The first-order chi connectivity index (χ1) is 8.20. The largest absolute Gasteiger partial charge is 0.467 e. The van der Waals surface area contributed by atoms with E-state index < -0.39 is 0 Å². The Labute approximate surface area is 103 Å². The molecule has 1 aliphatic rings. The fourth-order valence-corrected chi connectivity index (χ4v) is 2.37. The van der Waals surface area contributed by atoms with Crippen molar-refractivity contribution >= 4 is 5.69 Å². The third kappa shape index (κ3) is 2.87. The minimum atomic E-state index is 0.436. The quantitative estimate of drug-likeness (QED) is 0.806. The van der Waals surface area contributed by atoms with Crippen LogP contribution in [0.25, 0.3) is 0 Å². The molecule has 0 spiro atoms. The Kier molecular flexibility index (Phi) is 3.82. The first kappa shape index (κ1) is 12.1. The molecule has 4 nitrogen and oxygen atoms in total. The number of ether oxygens (including phenoxy) is 1. The second kappa shape index (κ2) is 5.34. The van der Waals surface area contributed by atoms with Crippen LogP contribution in [0.15, 0.2) is 12.4 Å². The second-order valence-corrected chi connectivity index (χ2v) is 5.02. The van der Waals surface area contributed by atoms with Crippen molar-refractivity contribution in [3.8, 4) is 6.01 Å². The fraction of sp³-hybridized carbons (Fsp3) is 0.692. The lowest BCUT2D eigenvalue weighted by Crippen LogP contribution is -2.37. The van der Waals surface area contributed by atoms with Crippen molar-refractivity contribution in [3.63, 3.8) is 0 Å². The van der Waals surface area contributed by atoms with Gasteiger partial charge in [-0.15, -0.1) is 0 Å². The van der Waals surface area contributed by atoms with Crippen molar-refractivity contribution in [1.29, 1.82) is 0 Å². The van der Waals surface area contributed by atoms with Crippen LogP contribution in [0.3, 0.4) is 0 Å². The van der Waals surface area contributed by atoms with E-state index in [2.05, 4.69) is 28.7 Å². The van der Waals surface area contributed by atoms with E-state index in [0.717, 1.165) is 30.6 Å². The van der Waals surface area contributed by atoms with Crippen LogP contribution in [0.2, 0.25) is 0 Å². The Morgan fingerprint density at radius 2 is 2.06 bits per heavy atom. The lowest BCUT2D eigenvalue weighted by Gasteiger charge is -2.35. The molecular formula is C13H21N3O. The Morgan fingerprint density at radius 1 is 1.35 bits per heavy atom. The zero-order chi connectivity index (χ0) is 12.3. The SMILES string of the molecule is COc1ncc(N2CCCC(C(C)C)C2)cn1. The van der Waals surface area contributed by atoms with Crippen molar-refractivity contribution in [1.82, 2.24) is 9.97 Å². The molecule has 0 aliphatic carbocycles. The van der Waals surface area contributed by atoms with Gasteiger partial charge in [0.1, 0.15) is 0 Å². The van der Waals surface area contributed by atoms with E-state index in [1.807, 2.05) is 12.4 Å². The van der Waals surface area contributed by atoms with Gasteiger partial charge in [0.2, 0.25) is 0 Å². The van der Waals surface area contributed by atoms with E-state index in [9.17, 15) is 0 Å². The molecule has 0 bridgehead atoms. The topological polar surface area (TPSA) is 38.2 Å². The van der Waals surface area contributed by atoms with Crippen LogP contribution in [-0.2, 0) is 0 Å². The number of piperidine rings is 1. The van der Waals surface area contributed by atoms with Crippen LogP contribution in [-0.4, -0.2) is 30.2 Å². The maximum atomic E-state index is 4.98. The van der Waals surface area contributed by atoms with Gasteiger partial charge in [-0.2, -0.15) is 0 Å². The first-order valence-electron chi connectivity index (χ1n) is 6.31. The van der Waals surface area contributed by atoms with Gasteiger partial charge in [0.15, 0.2) is 0 Å². The highest BCUT2D eigenvalue weighted by Crippen LogP contribution is 2.26. The normalized spacial score (nSPS) is 20.7. The van der Waals surface area contributed by atoms with Crippen LogP contribution in [0.4, 0.5) is 5.69 Å². The Morgan fingerprint density at radius 3 is 2.65 bits per heavy atom. The fourth-order valence-electron chi connectivity index (χ4n) is 2.37. The highest BCUT2D eigenvalue weighted by Gasteiger charge is 2.22. The van der Waals surface area contributed by atoms with E-state index >= 15 is 0 Å². The number of rotatable bonds is 3. The Balaban J connectivity index is 2.05. The smallest absolute Gasteiger partial charge is 0.316 e. The summed E-state index contributed by atoms with van der Waals surface area (Å²) < 4.78 is 4.98. The number of hydrogen-bond donors (Lipinski definition) is 0. The molecule has 0 radical (unpaired) electrons. The minimum absolute atomic E-state index is 0.436. The molecule has 4 heteroatoms. The highest BCUT2D eigenvalue weighted by atomic mass is 16.5. The van der Waals surface area contributed by atoms with E-state index in [-0.39, 0.29) is 0 Å². The standard InChI is InChI=1S/C13H21N3O/c1-10(2)11-5-4-6-16(9-11)12-7-14-13(17-3)15-8-12/h7-8,10-11H,4-6,9H2,1-3H3. The van der Waals surface area contributed by atoms with E-state index in [1.165, 1.54) is 12.8 Å². The van der Waals surface area contributed by atoms with Gasteiger partial charge in [-0.1, -0.05) is 13.8 Å². The molecular weight excluding hydrogens is 214 g/mol. The van der Waals surface area contributed by atoms with Crippen LogP contribution in [0.5, 0.6) is 6.01 Å². The molecule has 1 fully saturated rings. The molecule has 1 unspecified atom stereocenters. The van der Waals surface area contributed by atoms with Crippen molar-refractivity contribution in [2.24, 2.45) is 11.8 Å². The predicted octanol–water partition coefficient (Wildman–Crippen LogP) is 2.36. The summed E-state index contributed by atoms with van der Waals surface area (Å²) in [6.45, 7) is 6.84. The number of hydrogen-bond acceptors (Lipinski definition) is 4.